The first-order valence-electron chi connectivity index (χ1n) is 7.98. The highest BCUT2D eigenvalue weighted by atomic mass is 16.2. The lowest BCUT2D eigenvalue weighted by Gasteiger charge is -2.14. The molecule has 1 aliphatic carbocycles. The Morgan fingerprint density at radius 2 is 1.67 bits per heavy atom. The third-order valence-electron chi connectivity index (χ3n) is 4.32. The van der Waals surface area contributed by atoms with Gasteiger partial charge in [-0.1, -0.05) is 24.3 Å². The van der Waals surface area contributed by atoms with E-state index in [0.717, 1.165) is 18.4 Å². The van der Waals surface area contributed by atoms with Crippen molar-refractivity contribution in [3.05, 3.63) is 70.8 Å². The van der Waals surface area contributed by atoms with Crippen LogP contribution in [0.1, 0.15) is 49.5 Å². The van der Waals surface area contributed by atoms with E-state index < -0.39 is 0 Å². The highest BCUT2D eigenvalue weighted by Crippen LogP contribution is 2.24. The molecule has 24 heavy (non-hydrogen) atoms. The standard InChI is InChI=1S/C19H16N2O3/c22-17(20-14-8-9-14)13-5-3-4-12(10-13)11-21-18(23)15-6-1-2-7-16(15)19(21)24/h1-7,10,14H,8-9,11H2,(H,20,22). The van der Waals surface area contributed by atoms with E-state index in [9.17, 15) is 14.4 Å². The summed E-state index contributed by atoms with van der Waals surface area (Å²) in [6, 6.07) is 14.2. The summed E-state index contributed by atoms with van der Waals surface area (Å²) in [5.41, 5.74) is 2.18. The molecule has 1 saturated carbocycles. The van der Waals surface area contributed by atoms with Crippen molar-refractivity contribution in [2.45, 2.75) is 25.4 Å². The Hall–Kier alpha value is -2.95. The van der Waals surface area contributed by atoms with Crippen molar-refractivity contribution in [1.29, 1.82) is 0 Å². The number of fused-ring (bicyclic) bond motifs is 1. The zero-order chi connectivity index (χ0) is 16.7. The van der Waals surface area contributed by atoms with Crippen LogP contribution in [0.4, 0.5) is 0 Å². The number of amides is 3. The van der Waals surface area contributed by atoms with E-state index in [2.05, 4.69) is 5.32 Å². The van der Waals surface area contributed by atoms with Gasteiger partial charge in [-0.2, -0.15) is 0 Å². The molecular weight excluding hydrogens is 304 g/mol. The molecule has 0 atom stereocenters. The molecule has 1 heterocycles. The Labute approximate surface area is 139 Å². The number of rotatable bonds is 4. The molecular formula is C19H16N2O3. The molecule has 2 aliphatic rings. The van der Waals surface area contributed by atoms with E-state index in [1.807, 2.05) is 6.07 Å². The molecule has 1 aliphatic heterocycles. The van der Waals surface area contributed by atoms with Crippen molar-refractivity contribution in [3.63, 3.8) is 0 Å². The molecule has 0 aromatic heterocycles. The Kier molecular flexibility index (Phi) is 3.41. The van der Waals surface area contributed by atoms with Crippen LogP contribution in [0, 0.1) is 0 Å². The number of carbonyl (C=O) groups is 3. The third-order valence-corrected chi connectivity index (χ3v) is 4.32. The third kappa shape index (κ3) is 2.58. The largest absolute Gasteiger partial charge is 0.349 e. The Bertz CT molecular complexity index is 820. The molecule has 5 heteroatoms. The molecule has 4 rings (SSSR count). The second kappa shape index (κ2) is 5.60. The Balaban J connectivity index is 1.55. The summed E-state index contributed by atoms with van der Waals surface area (Å²) in [6.45, 7) is 0.164. The van der Waals surface area contributed by atoms with Gasteiger partial charge in [-0.3, -0.25) is 19.3 Å². The second-order valence-corrected chi connectivity index (χ2v) is 6.19. The lowest BCUT2D eigenvalue weighted by molar-refractivity contribution is 0.0642. The summed E-state index contributed by atoms with van der Waals surface area (Å²) in [5, 5.41) is 2.94. The van der Waals surface area contributed by atoms with Crippen molar-refractivity contribution < 1.29 is 14.4 Å². The zero-order valence-corrected chi connectivity index (χ0v) is 13.0. The van der Waals surface area contributed by atoms with Crippen LogP contribution in [-0.2, 0) is 6.54 Å². The van der Waals surface area contributed by atoms with Crippen molar-refractivity contribution in [2.24, 2.45) is 0 Å². The van der Waals surface area contributed by atoms with Crippen LogP contribution in [0.25, 0.3) is 0 Å². The van der Waals surface area contributed by atoms with E-state index >= 15 is 0 Å². The number of hydrogen-bond acceptors (Lipinski definition) is 3. The molecule has 0 spiro atoms. The molecule has 1 N–H and O–H groups in total. The van der Waals surface area contributed by atoms with Gasteiger partial charge in [-0.25, -0.2) is 0 Å². The summed E-state index contributed by atoms with van der Waals surface area (Å²) >= 11 is 0. The molecule has 2 aromatic rings. The predicted molar refractivity (Wildman–Crippen MR) is 87.6 cm³/mol. The SMILES string of the molecule is O=C(NC1CC1)c1cccc(CN2C(=O)c3ccccc3C2=O)c1. The Morgan fingerprint density at radius 3 is 2.29 bits per heavy atom. The van der Waals surface area contributed by atoms with Gasteiger partial charge in [0.25, 0.3) is 17.7 Å². The van der Waals surface area contributed by atoms with Crippen LogP contribution in [-0.4, -0.2) is 28.7 Å². The van der Waals surface area contributed by atoms with Gasteiger partial charge in [0.1, 0.15) is 0 Å². The van der Waals surface area contributed by atoms with Crippen molar-refractivity contribution in [3.8, 4) is 0 Å². The van der Waals surface area contributed by atoms with E-state index in [0.29, 0.717) is 16.7 Å². The minimum Gasteiger partial charge on any atom is -0.349 e. The van der Waals surface area contributed by atoms with Gasteiger partial charge in [0, 0.05) is 11.6 Å². The molecule has 0 bridgehead atoms. The van der Waals surface area contributed by atoms with Crippen molar-refractivity contribution >= 4 is 17.7 Å². The van der Waals surface area contributed by atoms with Gasteiger partial charge in [0.15, 0.2) is 0 Å². The Morgan fingerprint density at radius 1 is 1.00 bits per heavy atom. The quantitative estimate of drug-likeness (QED) is 0.880. The van der Waals surface area contributed by atoms with Crippen LogP contribution < -0.4 is 5.32 Å². The van der Waals surface area contributed by atoms with E-state index in [-0.39, 0.29) is 30.3 Å². The van der Waals surface area contributed by atoms with Gasteiger partial charge < -0.3 is 5.32 Å². The van der Waals surface area contributed by atoms with Gasteiger partial charge in [-0.15, -0.1) is 0 Å². The van der Waals surface area contributed by atoms with Gasteiger partial charge in [-0.05, 0) is 42.7 Å². The maximum absolute atomic E-state index is 12.4. The normalized spacial score (nSPS) is 16.2. The van der Waals surface area contributed by atoms with Gasteiger partial charge in [0.2, 0.25) is 0 Å². The number of nitrogens with zero attached hydrogens (tertiary/aromatic N) is 1. The van der Waals surface area contributed by atoms with Crippen LogP contribution in [0.15, 0.2) is 48.5 Å². The zero-order valence-electron chi connectivity index (χ0n) is 13.0. The average Bonchev–Trinajstić information content (AvgIpc) is 3.39. The maximum Gasteiger partial charge on any atom is 0.261 e. The molecule has 120 valence electrons. The number of hydrogen-bond donors (Lipinski definition) is 1. The number of carbonyl (C=O) groups excluding carboxylic acids is 3. The van der Waals surface area contributed by atoms with Crippen LogP contribution in [0.3, 0.4) is 0 Å². The summed E-state index contributed by atoms with van der Waals surface area (Å²) in [7, 11) is 0. The highest BCUT2D eigenvalue weighted by Gasteiger charge is 2.35. The minimum atomic E-state index is -0.288. The topological polar surface area (TPSA) is 66.5 Å². The first kappa shape index (κ1) is 14.6. The fourth-order valence-corrected chi connectivity index (χ4v) is 2.87. The summed E-state index contributed by atoms with van der Waals surface area (Å²) in [4.78, 5) is 38.2. The minimum absolute atomic E-state index is 0.110. The summed E-state index contributed by atoms with van der Waals surface area (Å²) < 4.78 is 0. The second-order valence-electron chi connectivity index (χ2n) is 6.19. The van der Waals surface area contributed by atoms with Crippen LogP contribution in [0.2, 0.25) is 0 Å². The lowest BCUT2D eigenvalue weighted by Crippen LogP contribution is -2.29. The average molecular weight is 320 g/mol. The lowest BCUT2D eigenvalue weighted by atomic mass is 10.1. The van der Waals surface area contributed by atoms with E-state index in [4.69, 9.17) is 0 Å². The van der Waals surface area contributed by atoms with Crippen molar-refractivity contribution in [1.82, 2.24) is 10.2 Å². The summed E-state index contributed by atoms with van der Waals surface area (Å²) in [6.07, 6.45) is 2.06. The predicted octanol–water partition coefficient (Wildman–Crippen LogP) is 2.38. The molecule has 0 saturated heterocycles. The molecule has 1 fully saturated rings. The molecule has 5 nitrogen and oxygen atoms in total. The number of nitrogens with one attached hydrogen (secondary N) is 1. The van der Waals surface area contributed by atoms with Crippen LogP contribution >= 0.6 is 0 Å². The maximum atomic E-state index is 12.4. The highest BCUT2D eigenvalue weighted by molar-refractivity contribution is 6.21. The monoisotopic (exact) mass is 320 g/mol. The smallest absolute Gasteiger partial charge is 0.261 e. The fourth-order valence-electron chi connectivity index (χ4n) is 2.87. The van der Waals surface area contributed by atoms with E-state index in [1.165, 1.54) is 4.90 Å². The fraction of sp³-hybridized carbons (Fsp3) is 0.211. The van der Waals surface area contributed by atoms with E-state index in [1.54, 1.807) is 42.5 Å². The number of benzene rings is 2. The van der Waals surface area contributed by atoms with Gasteiger partial charge in [0.05, 0.1) is 17.7 Å². The van der Waals surface area contributed by atoms with Crippen molar-refractivity contribution in [2.75, 3.05) is 0 Å². The summed E-state index contributed by atoms with van der Waals surface area (Å²) in [5.74, 6) is -0.686. The number of imide groups is 1. The first-order chi connectivity index (χ1) is 11.6. The first-order valence-corrected chi connectivity index (χ1v) is 7.98. The van der Waals surface area contributed by atoms with Gasteiger partial charge >= 0.3 is 0 Å². The van der Waals surface area contributed by atoms with Crippen LogP contribution in [0.5, 0.6) is 0 Å². The molecule has 2 aromatic carbocycles. The molecule has 3 amide bonds. The molecule has 0 unspecified atom stereocenters. The molecule has 0 radical (unpaired) electrons.